The summed E-state index contributed by atoms with van der Waals surface area (Å²) in [4.78, 5) is 8.26. The van der Waals surface area contributed by atoms with Gasteiger partial charge in [-0.1, -0.05) is 12.8 Å². The van der Waals surface area contributed by atoms with E-state index in [0.717, 1.165) is 24.0 Å². The second-order valence-corrected chi connectivity index (χ2v) is 4.85. The van der Waals surface area contributed by atoms with E-state index in [0.29, 0.717) is 12.0 Å². The van der Waals surface area contributed by atoms with Gasteiger partial charge in [0.05, 0.1) is 0 Å². The molecule has 0 spiro atoms. The number of hydrogen-bond acceptors (Lipinski definition) is 2. The molecule has 0 saturated heterocycles. The van der Waals surface area contributed by atoms with E-state index in [1.165, 1.54) is 25.2 Å². The van der Waals surface area contributed by atoms with Crippen LogP contribution in [-0.4, -0.2) is 28.1 Å². The molecule has 0 bridgehead atoms. The van der Waals surface area contributed by atoms with Gasteiger partial charge in [-0.2, -0.15) is 8.78 Å². The summed E-state index contributed by atoms with van der Waals surface area (Å²) in [6.45, 7) is 0.278. The lowest BCUT2D eigenvalue weighted by Crippen LogP contribution is -2.42. The number of alkyl halides is 2. The van der Waals surface area contributed by atoms with Crippen molar-refractivity contribution in [3.63, 3.8) is 0 Å². The third-order valence-corrected chi connectivity index (χ3v) is 3.38. The SMILES string of the molecule is CCNC(=NCc1nccn1C(F)F)NC1CCCC1. The predicted octanol–water partition coefficient (Wildman–Crippen LogP) is 2.28. The molecule has 2 rings (SSSR count). The Morgan fingerprint density at radius 3 is 2.90 bits per heavy atom. The number of nitrogens with zero attached hydrogens (tertiary/aromatic N) is 3. The number of halogens is 2. The summed E-state index contributed by atoms with van der Waals surface area (Å²) < 4.78 is 26.2. The Hall–Kier alpha value is -1.66. The number of aliphatic imine (C=N–C) groups is 1. The highest BCUT2D eigenvalue weighted by Gasteiger charge is 2.16. The lowest BCUT2D eigenvalue weighted by molar-refractivity contribution is 0.0671. The average molecular weight is 285 g/mol. The van der Waals surface area contributed by atoms with Crippen LogP contribution in [0.15, 0.2) is 17.4 Å². The molecule has 0 aliphatic heterocycles. The summed E-state index contributed by atoms with van der Waals surface area (Å²) >= 11 is 0. The van der Waals surface area contributed by atoms with Crippen molar-refractivity contribution in [2.45, 2.75) is 51.7 Å². The van der Waals surface area contributed by atoms with Crippen molar-refractivity contribution >= 4 is 5.96 Å². The first-order valence-electron chi connectivity index (χ1n) is 7.05. The van der Waals surface area contributed by atoms with Gasteiger partial charge in [0, 0.05) is 25.0 Å². The number of guanidine groups is 1. The molecular weight excluding hydrogens is 264 g/mol. The van der Waals surface area contributed by atoms with E-state index in [1.807, 2.05) is 6.92 Å². The van der Waals surface area contributed by atoms with E-state index in [-0.39, 0.29) is 12.4 Å². The maximum atomic E-state index is 12.7. The van der Waals surface area contributed by atoms with Gasteiger partial charge in [0.15, 0.2) is 5.96 Å². The molecular formula is C13H21F2N5. The average Bonchev–Trinajstić information content (AvgIpc) is 3.07. The van der Waals surface area contributed by atoms with Crippen molar-refractivity contribution in [2.24, 2.45) is 4.99 Å². The van der Waals surface area contributed by atoms with Gasteiger partial charge in [-0.15, -0.1) is 0 Å². The molecule has 2 N–H and O–H groups in total. The smallest absolute Gasteiger partial charge is 0.319 e. The Morgan fingerprint density at radius 1 is 1.50 bits per heavy atom. The van der Waals surface area contributed by atoms with E-state index < -0.39 is 6.55 Å². The van der Waals surface area contributed by atoms with Crippen molar-refractivity contribution in [1.29, 1.82) is 0 Å². The first-order valence-corrected chi connectivity index (χ1v) is 7.05. The molecule has 1 aromatic heterocycles. The minimum atomic E-state index is -2.58. The summed E-state index contributed by atoms with van der Waals surface area (Å²) in [7, 11) is 0. The van der Waals surface area contributed by atoms with Gasteiger partial charge >= 0.3 is 6.55 Å². The van der Waals surface area contributed by atoms with E-state index >= 15 is 0 Å². The highest BCUT2D eigenvalue weighted by atomic mass is 19.3. The summed E-state index contributed by atoms with van der Waals surface area (Å²) in [6, 6.07) is 0.433. The standard InChI is InChI=1S/C13H21F2N5/c1-2-16-13(19-10-5-3-4-6-10)18-9-11-17-7-8-20(11)12(14)15/h7-8,10,12H,2-6,9H2,1H3,(H2,16,18,19). The molecule has 20 heavy (non-hydrogen) atoms. The third-order valence-electron chi connectivity index (χ3n) is 3.38. The van der Waals surface area contributed by atoms with Crippen LogP contribution < -0.4 is 10.6 Å². The highest BCUT2D eigenvalue weighted by molar-refractivity contribution is 5.80. The quantitative estimate of drug-likeness (QED) is 0.644. The molecule has 0 atom stereocenters. The van der Waals surface area contributed by atoms with Gasteiger partial charge in [0.25, 0.3) is 0 Å². The molecule has 0 aromatic carbocycles. The molecule has 1 saturated carbocycles. The topological polar surface area (TPSA) is 54.2 Å². The molecule has 1 aliphatic rings. The zero-order valence-corrected chi connectivity index (χ0v) is 11.6. The minimum Gasteiger partial charge on any atom is -0.357 e. The molecule has 0 amide bonds. The molecule has 1 fully saturated rings. The van der Waals surface area contributed by atoms with Crippen LogP contribution in [0.25, 0.3) is 0 Å². The van der Waals surface area contributed by atoms with Gasteiger partial charge in [-0.05, 0) is 19.8 Å². The molecule has 1 aromatic rings. The minimum absolute atomic E-state index is 0.138. The second kappa shape index (κ2) is 7.21. The normalized spacial score (nSPS) is 16.9. The Bertz CT molecular complexity index is 438. The van der Waals surface area contributed by atoms with Crippen molar-refractivity contribution in [3.8, 4) is 0 Å². The molecule has 1 aliphatic carbocycles. The van der Waals surface area contributed by atoms with Crippen LogP contribution in [0.1, 0.15) is 45.0 Å². The summed E-state index contributed by atoms with van der Waals surface area (Å²) in [6.07, 6.45) is 7.37. The predicted molar refractivity (Wildman–Crippen MR) is 73.7 cm³/mol. The molecule has 112 valence electrons. The fraction of sp³-hybridized carbons (Fsp3) is 0.692. The molecule has 5 nitrogen and oxygen atoms in total. The summed E-state index contributed by atoms with van der Waals surface area (Å²) in [5, 5.41) is 6.48. The Labute approximate surface area is 117 Å². The Balaban J connectivity index is 1.98. The van der Waals surface area contributed by atoms with Crippen molar-refractivity contribution in [3.05, 3.63) is 18.2 Å². The molecule has 1 heterocycles. The van der Waals surface area contributed by atoms with Crippen LogP contribution in [0.4, 0.5) is 8.78 Å². The van der Waals surface area contributed by atoms with Gasteiger partial charge in [0.1, 0.15) is 12.4 Å². The fourth-order valence-corrected chi connectivity index (χ4v) is 2.38. The Morgan fingerprint density at radius 2 is 2.25 bits per heavy atom. The van der Waals surface area contributed by atoms with Gasteiger partial charge in [-0.3, -0.25) is 4.57 Å². The van der Waals surface area contributed by atoms with Crippen molar-refractivity contribution in [2.75, 3.05) is 6.54 Å². The van der Waals surface area contributed by atoms with Crippen LogP contribution in [0.3, 0.4) is 0 Å². The lowest BCUT2D eigenvalue weighted by atomic mass is 10.2. The number of nitrogens with one attached hydrogen (secondary N) is 2. The van der Waals surface area contributed by atoms with E-state index in [9.17, 15) is 8.78 Å². The second-order valence-electron chi connectivity index (χ2n) is 4.85. The lowest BCUT2D eigenvalue weighted by Gasteiger charge is -2.16. The maximum absolute atomic E-state index is 12.7. The third kappa shape index (κ3) is 3.91. The van der Waals surface area contributed by atoms with Gasteiger partial charge < -0.3 is 10.6 Å². The molecule has 0 radical (unpaired) electrons. The summed E-state index contributed by atoms with van der Waals surface area (Å²) in [5.41, 5.74) is 0. The highest BCUT2D eigenvalue weighted by Crippen LogP contribution is 2.17. The van der Waals surface area contributed by atoms with E-state index in [4.69, 9.17) is 0 Å². The van der Waals surface area contributed by atoms with Crippen molar-refractivity contribution < 1.29 is 8.78 Å². The van der Waals surface area contributed by atoms with Gasteiger partial charge in [0.2, 0.25) is 0 Å². The molecule has 0 unspecified atom stereocenters. The zero-order valence-electron chi connectivity index (χ0n) is 11.6. The largest absolute Gasteiger partial charge is 0.357 e. The summed E-state index contributed by atoms with van der Waals surface area (Å²) in [5.74, 6) is 0.937. The van der Waals surface area contributed by atoms with Crippen molar-refractivity contribution in [1.82, 2.24) is 20.2 Å². The van der Waals surface area contributed by atoms with Crippen LogP contribution in [0.2, 0.25) is 0 Å². The molecule has 7 heteroatoms. The fourth-order valence-electron chi connectivity index (χ4n) is 2.38. The number of rotatable bonds is 5. The van der Waals surface area contributed by atoms with Crippen LogP contribution in [0.5, 0.6) is 0 Å². The number of imidazole rings is 1. The number of hydrogen-bond donors (Lipinski definition) is 2. The first-order chi connectivity index (χ1) is 9.70. The monoisotopic (exact) mass is 285 g/mol. The number of aromatic nitrogens is 2. The first kappa shape index (κ1) is 14.7. The van der Waals surface area contributed by atoms with E-state index in [1.54, 1.807) is 0 Å². The van der Waals surface area contributed by atoms with E-state index in [2.05, 4.69) is 20.6 Å². The maximum Gasteiger partial charge on any atom is 0.319 e. The van der Waals surface area contributed by atoms with Gasteiger partial charge in [-0.25, -0.2) is 9.98 Å². The Kier molecular flexibility index (Phi) is 5.31. The van der Waals surface area contributed by atoms with Crippen LogP contribution >= 0.6 is 0 Å². The zero-order chi connectivity index (χ0) is 14.4. The van der Waals surface area contributed by atoms with Crippen LogP contribution in [-0.2, 0) is 6.54 Å². The van der Waals surface area contributed by atoms with Crippen LogP contribution in [0, 0.1) is 0 Å².